The topological polar surface area (TPSA) is 56.3 Å². The highest BCUT2D eigenvalue weighted by atomic mass is 35.5. The van der Waals surface area contributed by atoms with Crippen molar-refractivity contribution in [3.05, 3.63) is 64.9 Å². The number of hydrogen-bond acceptors (Lipinski definition) is 4. The van der Waals surface area contributed by atoms with Crippen molar-refractivity contribution in [3.8, 4) is 0 Å². The minimum atomic E-state index is -0.864. The Morgan fingerprint density at radius 2 is 1.85 bits per heavy atom. The second-order valence-electron chi connectivity index (χ2n) is 4.15. The molecule has 0 spiro atoms. The molecule has 1 unspecified atom stereocenters. The third-order valence-corrected chi connectivity index (χ3v) is 2.88. The molecule has 20 heavy (non-hydrogen) atoms. The molecule has 1 atom stereocenters. The van der Waals surface area contributed by atoms with Crippen molar-refractivity contribution in [1.82, 2.24) is 4.98 Å². The van der Waals surface area contributed by atoms with Crippen molar-refractivity contribution in [2.75, 3.05) is 0 Å². The SMILES string of the molecule is CC(OC(=O)c1ccnc(Cl)c1)C(=O)c1ccccc1. The predicted molar refractivity (Wildman–Crippen MR) is 74.9 cm³/mol. The number of Topliss-reactive ketones (excluding diaryl/α,β-unsaturated/α-hetero) is 1. The Labute approximate surface area is 121 Å². The van der Waals surface area contributed by atoms with E-state index in [0.717, 1.165) is 0 Å². The van der Waals surface area contributed by atoms with Gasteiger partial charge in [-0.3, -0.25) is 4.79 Å². The van der Waals surface area contributed by atoms with E-state index in [1.54, 1.807) is 24.3 Å². The maximum atomic E-state index is 12.1. The van der Waals surface area contributed by atoms with Crippen molar-refractivity contribution in [3.63, 3.8) is 0 Å². The van der Waals surface area contributed by atoms with Gasteiger partial charge in [0.15, 0.2) is 6.10 Å². The molecule has 5 heteroatoms. The Morgan fingerprint density at radius 1 is 1.15 bits per heavy atom. The van der Waals surface area contributed by atoms with Gasteiger partial charge in [0, 0.05) is 11.8 Å². The van der Waals surface area contributed by atoms with Gasteiger partial charge in [-0.05, 0) is 19.1 Å². The standard InChI is InChI=1S/C15H12ClNO3/c1-10(14(18)11-5-3-2-4-6-11)20-15(19)12-7-8-17-13(16)9-12/h2-10H,1H3. The Kier molecular flexibility index (Phi) is 4.48. The maximum Gasteiger partial charge on any atom is 0.339 e. The molecule has 0 saturated carbocycles. The second-order valence-corrected chi connectivity index (χ2v) is 4.53. The van der Waals surface area contributed by atoms with Gasteiger partial charge in [0.2, 0.25) is 5.78 Å². The normalized spacial score (nSPS) is 11.7. The molecule has 0 aliphatic heterocycles. The van der Waals surface area contributed by atoms with Crippen molar-refractivity contribution in [2.45, 2.75) is 13.0 Å². The minimum Gasteiger partial charge on any atom is -0.451 e. The van der Waals surface area contributed by atoms with E-state index < -0.39 is 12.1 Å². The van der Waals surface area contributed by atoms with Crippen LogP contribution < -0.4 is 0 Å². The molecule has 102 valence electrons. The van der Waals surface area contributed by atoms with E-state index in [9.17, 15) is 9.59 Å². The molecule has 0 fully saturated rings. The number of ketones is 1. The fourth-order valence-corrected chi connectivity index (χ4v) is 1.82. The maximum absolute atomic E-state index is 12.1. The number of esters is 1. The molecular weight excluding hydrogens is 278 g/mol. The zero-order valence-corrected chi connectivity index (χ0v) is 11.5. The van der Waals surface area contributed by atoms with Gasteiger partial charge in [-0.1, -0.05) is 41.9 Å². The van der Waals surface area contributed by atoms with E-state index >= 15 is 0 Å². The molecule has 1 heterocycles. The third kappa shape index (κ3) is 3.42. The Hall–Kier alpha value is -2.20. The van der Waals surface area contributed by atoms with E-state index in [2.05, 4.69) is 4.98 Å². The summed E-state index contributed by atoms with van der Waals surface area (Å²) in [5, 5.41) is 0.196. The Balaban J connectivity index is 2.06. The first-order valence-corrected chi connectivity index (χ1v) is 6.37. The van der Waals surface area contributed by atoms with Crippen molar-refractivity contribution in [2.24, 2.45) is 0 Å². The van der Waals surface area contributed by atoms with Crippen molar-refractivity contribution in [1.29, 1.82) is 0 Å². The van der Waals surface area contributed by atoms with Gasteiger partial charge in [-0.2, -0.15) is 0 Å². The lowest BCUT2D eigenvalue weighted by Crippen LogP contribution is -2.24. The van der Waals surface area contributed by atoms with E-state index in [1.165, 1.54) is 25.3 Å². The quantitative estimate of drug-likeness (QED) is 0.493. The number of carbonyl (C=O) groups excluding carboxylic acids is 2. The summed E-state index contributed by atoms with van der Waals surface area (Å²) in [6, 6.07) is 11.5. The Bertz CT molecular complexity index is 628. The van der Waals surface area contributed by atoms with Crippen LogP contribution >= 0.6 is 11.6 Å². The van der Waals surface area contributed by atoms with Crippen LogP contribution in [0.1, 0.15) is 27.6 Å². The number of halogens is 1. The number of carbonyl (C=O) groups is 2. The van der Waals surface area contributed by atoms with Crippen LogP contribution in [0.5, 0.6) is 0 Å². The minimum absolute atomic E-state index is 0.196. The van der Waals surface area contributed by atoms with Gasteiger partial charge in [0.05, 0.1) is 5.56 Å². The zero-order chi connectivity index (χ0) is 14.5. The monoisotopic (exact) mass is 289 g/mol. The summed E-state index contributed by atoms with van der Waals surface area (Å²) in [6.07, 6.45) is 0.541. The summed E-state index contributed by atoms with van der Waals surface area (Å²) in [6.45, 7) is 1.54. The summed E-state index contributed by atoms with van der Waals surface area (Å²) in [5.41, 5.74) is 0.762. The summed E-state index contributed by atoms with van der Waals surface area (Å²) in [7, 11) is 0. The van der Waals surface area contributed by atoms with Crippen LogP contribution in [-0.2, 0) is 4.74 Å². The molecule has 2 rings (SSSR count). The molecule has 0 N–H and O–H groups in total. The van der Waals surface area contributed by atoms with Crippen LogP contribution in [0.2, 0.25) is 5.15 Å². The molecule has 1 aromatic heterocycles. The summed E-state index contributed by atoms with van der Waals surface area (Å²) in [5.74, 6) is -0.856. The molecule has 0 bridgehead atoms. The first-order chi connectivity index (χ1) is 9.58. The largest absolute Gasteiger partial charge is 0.451 e. The smallest absolute Gasteiger partial charge is 0.339 e. The molecule has 0 aliphatic carbocycles. The van der Waals surface area contributed by atoms with Gasteiger partial charge in [-0.25, -0.2) is 9.78 Å². The van der Waals surface area contributed by atoms with Crippen molar-refractivity contribution < 1.29 is 14.3 Å². The number of pyridine rings is 1. The molecule has 1 aromatic carbocycles. The number of nitrogens with zero attached hydrogens (tertiary/aromatic N) is 1. The lowest BCUT2D eigenvalue weighted by Gasteiger charge is -2.12. The summed E-state index contributed by atoms with van der Waals surface area (Å²) in [4.78, 5) is 27.7. The molecule has 0 amide bonds. The average Bonchev–Trinajstić information content (AvgIpc) is 2.47. The van der Waals surface area contributed by atoms with Gasteiger partial charge in [-0.15, -0.1) is 0 Å². The van der Waals surface area contributed by atoms with Gasteiger partial charge >= 0.3 is 5.97 Å². The summed E-state index contributed by atoms with van der Waals surface area (Å²) < 4.78 is 5.13. The molecular formula is C15H12ClNO3. The zero-order valence-electron chi connectivity index (χ0n) is 10.7. The van der Waals surface area contributed by atoms with Crippen molar-refractivity contribution >= 4 is 23.4 Å². The lowest BCUT2D eigenvalue weighted by molar-refractivity contribution is 0.0318. The number of aromatic nitrogens is 1. The lowest BCUT2D eigenvalue weighted by atomic mass is 10.1. The van der Waals surface area contributed by atoms with E-state index in [-0.39, 0.29) is 16.5 Å². The molecule has 4 nitrogen and oxygen atoms in total. The number of rotatable bonds is 4. The van der Waals surface area contributed by atoms with Crippen LogP contribution in [-0.4, -0.2) is 22.8 Å². The van der Waals surface area contributed by atoms with Crippen LogP contribution in [0.4, 0.5) is 0 Å². The highest BCUT2D eigenvalue weighted by molar-refractivity contribution is 6.29. The fourth-order valence-electron chi connectivity index (χ4n) is 1.65. The highest BCUT2D eigenvalue weighted by Crippen LogP contribution is 2.11. The summed E-state index contributed by atoms with van der Waals surface area (Å²) >= 11 is 5.70. The van der Waals surface area contributed by atoms with E-state index in [4.69, 9.17) is 16.3 Å². The molecule has 0 saturated heterocycles. The average molecular weight is 290 g/mol. The van der Waals surface area contributed by atoms with Crippen LogP contribution in [0.3, 0.4) is 0 Å². The number of ether oxygens (including phenoxy) is 1. The predicted octanol–water partition coefficient (Wildman–Crippen LogP) is 3.16. The van der Waals surface area contributed by atoms with Gasteiger partial charge in [0.1, 0.15) is 5.15 Å². The first kappa shape index (κ1) is 14.2. The van der Waals surface area contributed by atoms with Gasteiger partial charge < -0.3 is 4.74 Å². The number of hydrogen-bond donors (Lipinski definition) is 0. The first-order valence-electron chi connectivity index (χ1n) is 5.99. The van der Waals surface area contributed by atoms with E-state index in [0.29, 0.717) is 5.56 Å². The number of benzene rings is 1. The molecule has 0 radical (unpaired) electrons. The van der Waals surface area contributed by atoms with Crippen LogP contribution in [0.25, 0.3) is 0 Å². The van der Waals surface area contributed by atoms with E-state index in [1.807, 2.05) is 6.07 Å². The molecule has 2 aromatic rings. The van der Waals surface area contributed by atoms with Crippen LogP contribution in [0.15, 0.2) is 48.7 Å². The highest BCUT2D eigenvalue weighted by Gasteiger charge is 2.20. The van der Waals surface area contributed by atoms with Gasteiger partial charge in [0.25, 0.3) is 0 Å². The second kappa shape index (κ2) is 6.30. The van der Waals surface area contributed by atoms with Crippen LogP contribution in [0, 0.1) is 0 Å². The third-order valence-electron chi connectivity index (χ3n) is 2.67. The fraction of sp³-hybridized carbons (Fsp3) is 0.133. The Morgan fingerprint density at radius 3 is 2.50 bits per heavy atom. The molecule has 0 aliphatic rings.